The van der Waals surface area contributed by atoms with Gasteiger partial charge in [-0.3, -0.25) is 9.98 Å². The maximum Gasteiger partial charge on any atom is 0.203 e. The summed E-state index contributed by atoms with van der Waals surface area (Å²) < 4.78 is 14.8. The number of aryl methyl sites for hydroxylation is 1. The zero-order valence-electron chi connectivity index (χ0n) is 34.9. The molecule has 0 amide bonds. The third-order valence-corrected chi connectivity index (χ3v) is 9.35. The Morgan fingerprint density at radius 1 is 0.963 bits per heavy atom. The first-order chi connectivity index (χ1) is 25.5. The largest absolute Gasteiger partial charge is 0.364 e. The number of carbonyl (C=O) groups is 1. The second kappa shape index (κ2) is 23.7. The minimum absolute atomic E-state index is 0.255. The van der Waals surface area contributed by atoms with Crippen LogP contribution in [0.25, 0.3) is 11.3 Å². The molecule has 0 saturated heterocycles. The summed E-state index contributed by atoms with van der Waals surface area (Å²) in [6.07, 6.45) is 5.57. The molecule has 0 aliphatic heterocycles. The Morgan fingerprint density at radius 2 is 1.59 bits per heavy atom. The molecular weight excluding hydrogens is 694 g/mol. The predicted molar refractivity (Wildman–Crippen MR) is 233 cm³/mol. The molecular formula is C45H67FN5O2S+. The normalized spacial score (nSPS) is 13.9. The summed E-state index contributed by atoms with van der Waals surface area (Å²) in [5.41, 5.74) is 7.81. The van der Waals surface area contributed by atoms with E-state index in [2.05, 4.69) is 87.1 Å². The van der Waals surface area contributed by atoms with Gasteiger partial charge in [-0.25, -0.2) is 4.39 Å². The van der Waals surface area contributed by atoms with Crippen LogP contribution in [0.2, 0.25) is 0 Å². The molecule has 0 saturated carbocycles. The molecule has 3 atom stereocenters. The van der Waals surface area contributed by atoms with E-state index in [0.717, 1.165) is 37.1 Å². The molecule has 0 aliphatic rings. The number of hydrogen-bond acceptors (Lipinski definition) is 6. The zero-order chi connectivity index (χ0) is 41.0. The fourth-order valence-corrected chi connectivity index (χ4v) is 5.25. The molecule has 0 spiro atoms. The number of aliphatic imine (C=N–C) groups is 1. The number of aromatic nitrogens is 1. The average Bonchev–Trinajstić information content (AvgIpc) is 3.19. The number of thiol groups is 1. The Morgan fingerprint density at radius 3 is 2.06 bits per heavy atom. The van der Waals surface area contributed by atoms with Crippen molar-refractivity contribution in [3.05, 3.63) is 114 Å². The summed E-state index contributed by atoms with van der Waals surface area (Å²) in [4.78, 5) is 20.6. The molecule has 7 nitrogen and oxygen atoms in total. The molecule has 4 aromatic rings. The van der Waals surface area contributed by atoms with E-state index in [1.54, 1.807) is 38.4 Å². The number of halogens is 1. The highest BCUT2D eigenvalue weighted by Crippen LogP contribution is 2.34. The van der Waals surface area contributed by atoms with Crippen LogP contribution >= 0.6 is 12.8 Å². The summed E-state index contributed by atoms with van der Waals surface area (Å²) in [7, 11) is 3.71. The Labute approximate surface area is 331 Å². The SMILES string of the molecule is CC.CCC(C)C=O.CCN(C)C(CCC(C)(F)c1cccc(-c2ccc(N[N+](O)(S)c3ccccc3)cn2)c1)=NC.CCc1ccc(C(C)(C)C)cc1. The second-order valence-corrected chi connectivity index (χ2v) is 14.8. The van der Waals surface area contributed by atoms with Gasteiger partial charge in [-0.1, -0.05) is 116 Å². The molecule has 296 valence electrons. The Hall–Kier alpha value is -4.05. The Balaban J connectivity index is 0.000000596. The quantitative estimate of drug-likeness (QED) is 0.0335. The van der Waals surface area contributed by atoms with Crippen molar-refractivity contribution < 1.29 is 14.4 Å². The number of alkyl halides is 1. The first kappa shape index (κ1) is 48.0. The van der Waals surface area contributed by atoms with Crippen molar-refractivity contribution in [2.45, 2.75) is 106 Å². The smallest absolute Gasteiger partial charge is 0.203 e. The predicted octanol–water partition coefficient (Wildman–Crippen LogP) is 12.1. The lowest BCUT2D eigenvalue weighted by Crippen LogP contribution is -2.41. The molecule has 1 aromatic heterocycles. The van der Waals surface area contributed by atoms with Gasteiger partial charge in [-0.15, -0.1) is 0 Å². The van der Waals surface area contributed by atoms with Crippen molar-refractivity contribution in [3.8, 4) is 11.3 Å². The number of pyridine rings is 1. The number of aldehydes is 1. The topological polar surface area (TPSA) is 77.8 Å². The lowest BCUT2D eigenvalue weighted by Gasteiger charge is -2.25. The highest BCUT2D eigenvalue weighted by Gasteiger charge is 2.28. The van der Waals surface area contributed by atoms with E-state index in [4.69, 9.17) is 0 Å². The molecule has 9 heteroatoms. The Kier molecular flexibility index (Phi) is 21.0. The molecule has 54 heavy (non-hydrogen) atoms. The van der Waals surface area contributed by atoms with Crippen LogP contribution in [0.15, 0.2) is 102 Å². The highest BCUT2D eigenvalue weighted by molar-refractivity contribution is 7.79. The van der Waals surface area contributed by atoms with Gasteiger partial charge in [0.05, 0.1) is 17.7 Å². The first-order valence-corrected chi connectivity index (χ1v) is 19.6. The van der Waals surface area contributed by atoms with Crippen LogP contribution in [0.3, 0.4) is 0 Å². The standard InChI is InChI=1S/C26H33FN5OS.C12H18.C5H10O.C2H6/c1-5-31(4)25(28-3)16-17-26(2,27)21-11-9-10-20(18-21)24-15-14-22(19-29-24)30-32(33,34)23-12-7-6-8-13-23;1-5-10-6-8-11(9-7-10)12(2,3)4;1-3-5(2)4-6;1-2/h6-15,18-19,30,33-34H,5,16-17H2,1-4H3;6-9H,5H2,1-4H3;4-5H,3H2,1-2H3;1-2H3/q+1;;;. The van der Waals surface area contributed by atoms with Crippen LogP contribution in [-0.2, 0) is 22.3 Å². The summed E-state index contributed by atoms with van der Waals surface area (Å²) in [5, 5.41) is 10.6. The van der Waals surface area contributed by atoms with Gasteiger partial charge in [0.1, 0.15) is 30.5 Å². The monoisotopic (exact) mass is 760 g/mol. The molecule has 2 N–H and O–H groups in total. The van der Waals surface area contributed by atoms with Gasteiger partial charge in [0.15, 0.2) is 0 Å². The molecule has 0 bridgehead atoms. The van der Waals surface area contributed by atoms with Crippen molar-refractivity contribution in [1.29, 1.82) is 0 Å². The van der Waals surface area contributed by atoms with Gasteiger partial charge >= 0.3 is 0 Å². The van der Waals surface area contributed by atoms with E-state index in [0.29, 0.717) is 35.5 Å². The van der Waals surface area contributed by atoms with E-state index >= 15 is 4.39 Å². The van der Waals surface area contributed by atoms with Gasteiger partial charge in [0.25, 0.3) is 0 Å². The lowest BCUT2D eigenvalue weighted by atomic mass is 9.86. The van der Waals surface area contributed by atoms with E-state index in [1.165, 1.54) is 11.1 Å². The number of nitrogens with one attached hydrogen (secondary N) is 1. The van der Waals surface area contributed by atoms with Gasteiger partial charge < -0.3 is 9.69 Å². The number of hydrogen-bond donors (Lipinski definition) is 3. The number of nitrogens with zero attached hydrogens (tertiary/aromatic N) is 4. The van der Waals surface area contributed by atoms with Crippen LogP contribution in [0.1, 0.15) is 105 Å². The number of quaternary nitrogens is 1. The minimum Gasteiger partial charge on any atom is -0.364 e. The van der Waals surface area contributed by atoms with Gasteiger partial charge in [-0.2, -0.15) is 10.6 Å². The number of benzene rings is 3. The van der Waals surface area contributed by atoms with Crippen molar-refractivity contribution in [2.75, 3.05) is 26.1 Å². The Bertz CT molecular complexity index is 1650. The van der Waals surface area contributed by atoms with Crippen molar-refractivity contribution in [3.63, 3.8) is 0 Å². The van der Waals surface area contributed by atoms with Gasteiger partial charge in [0.2, 0.25) is 5.69 Å². The van der Waals surface area contributed by atoms with Gasteiger partial charge in [-0.05, 0) is 73.4 Å². The molecule has 0 fully saturated rings. The van der Waals surface area contributed by atoms with Crippen molar-refractivity contribution in [1.82, 2.24) is 14.0 Å². The fraction of sp³-hybridized carbons (Fsp3) is 0.444. The fourth-order valence-electron chi connectivity index (χ4n) is 5.00. The minimum atomic E-state index is -1.50. The highest BCUT2D eigenvalue weighted by atomic mass is 32.1. The molecule has 1 heterocycles. The molecule has 0 aliphatic carbocycles. The molecule has 4 rings (SSSR count). The third-order valence-electron chi connectivity index (χ3n) is 9.02. The molecule has 0 radical (unpaired) electrons. The average molecular weight is 761 g/mol. The third kappa shape index (κ3) is 16.1. The number of rotatable bonds is 12. The van der Waals surface area contributed by atoms with Crippen LogP contribution < -0.4 is 9.59 Å². The number of carbonyl (C=O) groups excluding carboxylic acids is 1. The van der Waals surface area contributed by atoms with Crippen LogP contribution in [-0.4, -0.2) is 47.9 Å². The summed E-state index contributed by atoms with van der Waals surface area (Å²) in [5.74, 6) is 1.15. The van der Waals surface area contributed by atoms with Gasteiger partial charge in [0, 0.05) is 54.8 Å². The van der Waals surface area contributed by atoms with E-state index in [-0.39, 0.29) is 11.3 Å². The number of amidine groups is 1. The summed E-state index contributed by atoms with van der Waals surface area (Å²) in [6, 6.07) is 29.0. The maximum absolute atomic E-state index is 15.7. The lowest BCUT2D eigenvalue weighted by molar-refractivity contribution is -0.110. The van der Waals surface area contributed by atoms with Crippen LogP contribution in [0.5, 0.6) is 0 Å². The summed E-state index contributed by atoms with van der Waals surface area (Å²) >= 11 is 4.29. The van der Waals surface area contributed by atoms with E-state index < -0.39 is 9.83 Å². The first-order valence-electron chi connectivity index (χ1n) is 19.2. The van der Waals surface area contributed by atoms with E-state index in [1.807, 2.05) is 88.2 Å². The molecule has 3 unspecified atom stereocenters. The number of anilines is 1. The van der Waals surface area contributed by atoms with E-state index in [9.17, 15) is 10.0 Å². The van der Waals surface area contributed by atoms with Crippen LogP contribution in [0.4, 0.5) is 15.8 Å². The zero-order valence-corrected chi connectivity index (χ0v) is 35.8. The second-order valence-electron chi connectivity index (χ2n) is 14.2. The van der Waals surface area contributed by atoms with Crippen molar-refractivity contribution in [2.24, 2.45) is 10.9 Å². The van der Waals surface area contributed by atoms with Crippen LogP contribution in [0, 0.1) is 5.92 Å². The summed E-state index contributed by atoms with van der Waals surface area (Å²) in [6.45, 7) is 21.3. The number of para-hydroxylation sites is 1. The maximum atomic E-state index is 15.7. The van der Waals surface area contributed by atoms with Crippen molar-refractivity contribution >= 4 is 36.3 Å². The molecule has 3 aromatic carbocycles.